The van der Waals surface area contributed by atoms with Crippen molar-refractivity contribution in [3.05, 3.63) is 35.0 Å². The number of hydrogen-bond donors (Lipinski definition) is 0. The molecule has 0 bridgehead atoms. The van der Waals surface area contributed by atoms with Crippen molar-refractivity contribution in [2.75, 3.05) is 0 Å². The van der Waals surface area contributed by atoms with E-state index in [2.05, 4.69) is 4.98 Å². The van der Waals surface area contributed by atoms with Crippen molar-refractivity contribution < 1.29 is 65.7 Å². The summed E-state index contributed by atoms with van der Waals surface area (Å²) in [7, 11) is 0. The maximum absolute atomic E-state index is 13.1. The van der Waals surface area contributed by atoms with Crippen LogP contribution in [-0.2, 0) is 0 Å². The molecule has 16 heavy (non-hydrogen) atoms. The molecule has 0 aliphatic heterocycles. The SMILES string of the molecule is Cc1nc2c(C)cc(F)cn2c1C(=O)[O-].[K+]. The van der Waals surface area contributed by atoms with Gasteiger partial charge in [-0.15, -0.1) is 0 Å². The summed E-state index contributed by atoms with van der Waals surface area (Å²) in [5, 5.41) is 10.8. The Balaban J connectivity index is 0.00000128. The van der Waals surface area contributed by atoms with Crippen LogP contribution in [0.5, 0.6) is 0 Å². The van der Waals surface area contributed by atoms with Crippen molar-refractivity contribution in [2.45, 2.75) is 13.8 Å². The quantitative estimate of drug-likeness (QED) is 0.521. The number of imidazole rings is 1. The summed E-state index contributed by atoms with van der Waals surface area (Å²) >= 11 is 0. The van der Waals surface area contributed by atoms with Gasteiger partial charge in [0, 0.05) is 6.20 Å². The number of carbonyl (C=O) groups is 1. The van der Waals surface area contributed by atoms with Crippen LogP contribution in [0.2, 0.25) is 0 Å². The largest absolute Gasteiger partial charge is 1.00 e. The minimum absolute atomic E-state index is 0. The summed E-state index contributed by atoms with van der Waals surface area (Å²) in [6, 6.07) is 1.31. The van der Waals surface area contributed by atoms with Gasteiger partial charge in [0.05, 0.1) is 17.4 Å². The minimum Gasteiger partial charge on any atom is -0.543 e. The zero-order valence-electron chi connectivity index (χ0n) is 9.24. The standard InChI is InChI=1S/C10H9FN2O2.K/c1-5-3-7(11)4-13-8(10(14)15)6(2)12-9(5)13;/h3-4H,1-2H3,(H,14,15);/q;+1/p-1. The third-order valence-electron chi connectivity index (χ3n) is 2.24. The Bertz CT molecular complexity index is 565. The van der Waals surface area contributed by atoms with Crippen LogP contribution in [0.25, 0.3) is 5.65 Å². The van der Waals surface area contributed by atoms with Gasteiger partial charge in [-0.05, 0) is 25.5 Å². The Morgan fingerprint density at radius 3 is 2.69 bits per heavy atom. The van der Waals surface area contributed by atoms with E-state index in [1.165, 1.54) is 10.5 Å². The monoisotopic (exact) mass is 246 g/mol. The average molecular weight is 246 g/mol. The Kier molecular flexibility index (Phi) is 4.25. The second-order valence-electron chi connectivity index (χ2n) is 3.37. The van der Waals surface area contributed by atoms with Gasteiger partial charge in [-0.1, -0.05) is 0 Å². The molecule has 0 N–H and O–H groups in total. The minimum atomic E-state index is -1.36. The fourth-order valence-electron chi connectivity index (χ4n) is 1.63. The van der Waals surface area contributed by atoms with Crippen LogP contribution >= 0.6 is 0 Å². The molecule has 0 radical (unpaired) electrons. The summed E-state index contributed by atoms with van der Waals surface area (Å²) < 4.78 is 14.3. The Labute approximate surface area is 134 Å². The molecule has 2 rings (SSSR count). The molecule has 2 heterocycles. The van der Waals surface area contributed by atoms with E-state index >= 15 is 0 Å². The van der Waals surface area contributed by atoms with E-state index < -0.39 is 11.8 Å². The van der Waals surface area contributed by atoms with Crippen LogP contribution in [0.1, 0.15) is 21.7 Å². The molecular weight excluding hydrogens is 238 g/mol. The third-order valence-corrected chi connectivity index (χ3v) is 2.24. The first-order valence-electron chi connectivity index (χ1n) is 4.37. The van der Waals surface area contributed by atoms with E-state index in [4.69, 9.17) is 0 Å². The zero-order valence-corrected chi connectivity index (χ0v) is 12.4. The van der Waals surface area contributed by atoms with Gasteiger partial charge in [-0.3, -0.25) is 4.40 Å². The van der Waals surface area contributed by atoms with E-state index in [0.717, 1.165) is 6.20 Å². The number of fused-ring (bicyclic) bond motifs is 1. The number of hydrogen-bond acceptors (Lipinski definition) is 3. The maximum atomic E-state index is 13.1. The van der Waals surface area contributed by atoms with Gasteiger partial charge in [-0.2, -0.15) is 0 Å². The van der Waals surface area contributed by atoms with Crippen LogP contribution in [0.4, 0.5) is 4.39 Å². The molecule has 0 atom stereocenters. The first-order chi connectivity index (χ1) is 7.00. The van der Waals surface area contributed by atoms with E-state index in [0.29, 0.717) is 16.9 Å². The van der Waals surface area contributed by atoms with Crippen LogP contribution in [0.15, 0.2) is 12.3 Å². The Morgan fingerprint density at radius 1 is 1.50 bits per heavy atom. The molecule has 2 aromatic rings. The van der Waals surface area contributed by atoms with Crippen molar-refractivity contribution in [3.8, 4) is 0 Å². The van der Waals surface area contributed by atoms with Crippen molar-refractivity contribution in [1.29, 1.82) is 0 Å². The van der Waals surface area contributed by atoms with Gasteiger partial charge in [-0.25, -0.2) is 9.37 Å². The normalized spacial score (nSPS) is 10.2. The van der Waals surface area contributed by atoms with Gasteiger partial charge < -0.3 is 9.90 Å². The van der Waals surface area contributed by atoms with Crippen molar-refractivity contribution in [2.24, 2.45) is 0 Å². The number of halogens is 1. The summed E-state index contributed by atoms with van der Waals surface area (Å²) in [5.41, 5.74) is 1.25. The van der Waals surface area contributed by atoms with Crippen molar-refractivity contribution in [1.82, 2.24) is 9.38 Å². The second kappa shape index (κ2) is 4.93. The third kappa shape index (κ3) is 2.21. The average Bonchev–Trinajstić information content (AvgIpc) is 2.41. The van der Waals surface area contributed by atoms with Gasteiger partial charge in [0.25, 0.3) is 0 Å². The molecular formula is C10H8FKN2O2. The summed E-state index contributed by atoms with van der Waals surface area (Å²) in [5.74, 6) is -1.86. The number of carboxylic acids is 1. The number of carboxylic acid groups (broad SMARTS) is 1. The zero-order chi connectivity index (χ0) is 11.2. The fourth-order valence-corrected chi connectivity index (χ4v) is 1.63. The predicted octanol–water partition coefficient (Wildman–Crippen LogP) is -2.54. The number of aromatic carboxylic acids is 1. The molecule has 0 aliphatic carbocycles. The Morgan fingerprint density at radius 2 is 2.12 bits per heavy atom. The van der Waals surface area contributed by atoms with Crippen LogP contribution in [-0.4, -0.2) is 15.4 Å². The van der Waals surface area contributed by atoms with Crippen molar-refractivity contribution >= 4 is 11.6 Å². The number of carbonyl (C=O) groups excluding carboxylic acids is 1. The summed E-state index contributed by atoms with van der Waals surface area (Å²) in [6.07, 6.45) is 1.09. The molecule has 4 nitrogen and oxygen atoms in total. The van der Waals surface area contributed by atoms with E-state index in [1.54, 1.807) is 13.8 Å². The molecule has 0 aromatic carbocycles. The maximum Gasteiger partial charge on any atom is 1.00 e. The van der Waals surface area contributed by atoms with Crippen LogP contribution < -0.4 is 56.5 Å². The number of aryl methyl sites for hydroxylation is 2. The number of aromatic nitrogens is 2. The summed E-state index contributed by atoms with van der Waals surface area (Å²) in [6.45, 7) is 3.22. The fraction of sp³-hybridized carbons (Fsp3) is 0.200. The molecule has 0 unspecified atom stereocenters. The van der Waals surface area contributed by atoms with E-state index in [1.807, 2.05) is 0 Å². The van der Waals surface area contributed by atoms with Gasteiger partial charge in [0.15, 0.2) is 0 Å². The smallest absolute Gasteiger partial charge is 0.543 e. The van der Waals surface area contributed by atoms with E-state index in [-0.39, 0.29) is 57.1 Å². The molecule has 0 amide bonds. The van der Waals surface area contributed by atoms with Crippen LogP contribution in [0, 0.1) is 19.7 Å². The van der Waals surface area contributed by atoms with E-state index in [9.17, 15) is 14.3 Å². The van der Waals surface area contributed by atoms with Gasteiger partial charge >= 0.3 is 51.4 Å². The van der Waals surface area contributed by atoms with Gasteiger partial charge in [0.2, 0.25) is 0 Å². The molecule has 0 fully saturated rings. The molecule has 2 aromatic heterocycles. The predicted molar refractivity (Wildman–Crippen MR) is 49.0 cm³/mol. The molecule has 0 saturated heterocycles. The van der Waals surface area contributed by atoms with Gasteiger partial charge in [0.1, 0.15) is 11.5 Å². The number of rotatable bonds is 1. The van der Waals surface area contributed by atoms with Crippen molar-refractivity contribution in [3.63, 3.8) is 0 Å². The topological polar surface area (TPSA) is 57.4 Å². The number of nitrogens with zero attached hydrogens (tertiary/aromatic N) is 2. The number of pyridine rings is 1. The first kappa shape index (κ1) is 13.8. The molecule has 0 spiro atoms. The summed E-state index contributed by atoms with van der Waals surface area (Å²) in [4.78, 5) is 14.9. The molecule has 6 heteroatoms. The molecule has 0 saturated carbocycles. The second-order valence-corrected chi connectivity index (χ2v) is 3.37. The Hall–Kier alpha value is -0.274. The first-order valence-corrected chi connectivity index (χ1v) is 4.37. The van der Waals surface area contributed by atoms with Crippen LogP contribution in [0.3, 0.4) is 0 Å². The molecule has 0 aliphatic rings. The molecule has 78 valence electrons.